The van der Waals surface area contributed by atoms with Gasteiger partial charge in [0.05, 0.1) is 30.9 Å². The number of ether oxygens (including phenoxy) is 3. The highest BCUT2D eigenvalue weighted by atomic mass is 32.2. The summed E-state index contributed by atoms with van der Waals surface area (Å²) in [5.41, 5.74) is 2.53. The maximum absolute atomic E-state index is 13.1. The van der Waals surface area contributed by atoms with Crippen LogP contribution in [0.4, 0.5) is 11.4 Å². The maximum Gasteiger partial charge on any atom is 0.270 e. The zero-order chi connectivity index (χ0) is 24.9. The number of rotatable bonds is 7. The van der Waals surface area contributed by atoms with E-state index in [2.05, 4.69) is 0 Å². The molecule has 2 aliphatic rings. The third-order valence-corrected chi connectivity index (χ3v) is 6.92. The highest BCUT2D eigenvalue weighted by Gasteiger charge is 2.33. The zero-order valence-electron chi connectivity index (χ0n) is 19.9. The van der Waals surface area contributed by atoms with Crippen molar-refractivity contribution >= 4 is 57.6 Å². The van der Waals surface area contributed by atoms with Crippen molar-refractivity contribution in [1.29, 1.82) is 0 Å². The number of hydrogen-bond donors (Lipinski definition) is 0. The van der Waals surface area contributed by atoms with Crippen molar-refractivity contribution in [2.24, 2.45) is 0 Å². The molecule has 0 N–H and O–H groups in total. The van der Waals surface area contributed by atoms with Crippen molar-refractivity contribution in [2.45, 2.75) is 0 Å². The lowest BCUT2D eigenvalue weighted by Gasteiger charge is -2.26. The summed E-state index contributed by atoms with van der Waals surface area (Å²) in [6.45, 7) is 2.13. The number of methoxy groups -OCH3 is 1. The van der Waals surface area contributed by atoms with Gasteiger partial charge < -0.3 is 24.0 Å². The Kier molecular flexibility index (Phi) is 7.94. The largest absolute Gasteiger partial charge is 0.493 e. The molecule has 4 rings (SSSR count). The average Bonchev–Trinajstić information content (AvgIpc) is 3.15. The van der Waals surface area contributed by atoms with Crippen LogP contribution in [0.2, 0.25) is 0 Å². The van der Waals surface area contributed by atoms with Gasteiger partial charge in [0.2, 0.25) is 0 Å². The van der Waals surface area contributed by atoms with Gasteiger partial charge in [0.25, 0.3) is 11.8 Å². The van der Waals surface area contributed by atoms with E-state index >= 15 is 0 Å². The molecule has 2 aromatic rings. The average molecular weight is 514 g/mol. The van der Waals surface area contributed by atoms with Gasteiger partial charge in [-0.15, -0.1) is 0 Å². The van der Waals surface area contributed by atoms with E-state index in [1.54, 1.807) is 23.1 Å². The molecule has 2 amide bonds. The Balaban J connectivity index is 1.46. The Labute approximate surface area is 214 Å². The highest BCUT2D eigenvalue weighted by Crippen LogP contribution is 2.37. The lowest BCUT2D eigenvalue weighted by atomic mass is 10.1. The topological polar surface area (TPSA) is 71.6 Å². The molecule has 2 heterocycles. The number of thiocarbonyl (C=S) groups is 1. The van der Waals surface area contributed by atoms with Crippen molar-refractivity contribution in [3.05, 3.63) is 52.9 Å². The molecule has 0 saturated carbocycles. The van der Waals surface area contributed by atoms with Crippen LogP contribution in [0.25, 0.3) is 6.08 Å². The molecule has 8 nitrogen and oxygen atoms in total. The molecule has 0 bridgehead atoms. The minimum absolute atomic E-state index is 0.0824. The second kappa shape index (κ2) is 11.1. The van der Waals surface area contributed by atoms with E-state index < -0.39 is 0 Å². The first-order chi connectivity index (χ1) is 16.9. The minimum Gasteiger partial charge on any atom is -0.493 e. The molecular weight excluding hydrogens is 486 g/mol. The van der Waals surface area contributed by atoms with Gasteiger partial charge >= 0.3 is 0 Å². The van der Waals surface area contributed by atoms with Crippen molar-refractivity contribution in [1.82, 2.24) is 4.90 Å². The number of amides is 2. The van der Waals surface area contributed by atoms with Crippen LogP contribution < -0.4 is 19.3 Å². The number of thioether (sulfide) groups is 1. The van der Waals surface area contributed by atoms with E-state index in [4.69, 9.17) is 26.4 Å². The summed E-state index contributed by atoms with van der Waals surface area (Å²) < 4.78 is 16.9. The van der Waals surface area contributed by atoms with Crippen LogP contribution in [0.15, 0.2) is 47.4 Å². The lowest BCUT2D eigenvalue weighted by Crippen LogP contribution is -2.43. The monoisotopic (exact) mass is 513 g/mol. The number of hydrogen-bond acceptors (Lipinski definition) is 8. The standard InChI is InChI=1S/C25H27N3O5S2/c1-26(2)18-5-7-19(8-6-18)28-24(30)22(35-25(28)34)15-17-4-9-20(21(14-17)31-3)33-16-23(29)27-10-12-32-13-11-27/h4-9,14-15H,10-13,16H2,1-3H3/b22-15-. The number of nitrogens with zero attached hydrogens (tertiary/aromatic N) is 3. The zero-order valence-corrected chi connectivity index (χ0v) is 21.5. The molecule has 0 unspecified atom stereocenters. The number of morpholine rings is 1. The summed E-state index contributed by atoms with van der Waals surface area (Å²) in [5, 5.41) is 0. The molecule has 0 radical (unpaired) electrons. The SMILES string of the molecule is COc1cc(/C=C2\SC(=S)N(c3ccc(N(C)C)cc3)C2=O)ccc1OCC(=O)N1CCOCC1. The van der Waals surface area contributed by atoms with Crippen LogP contribution in [-0.4, -0.2) is 75.2 Å². The van der Waals surface area contributed by atoms with Gasteiger partial charge in [-0.25, -0.2) is 0 Å². The van der Waals surface area contributed by atoms with Gasteiger partial charge in [0.15, 0.2) is 22.4 Å². The van der Waals surface area contributed by atoms with Gasteiger partial charge in [-0.1, -0.05) is 30.0 Å². The Morgan fingerprint density at radius 2 is 1.86 bits per heavy atom. The number of benzene rings is 2. The van der Waals surface area contributed by atoms with Crippen LogP contribution in [-0.2, 0) is 14.3 Å². The van der Waals surface area contributed by atoms with E-state index in [0.717, 1.165) is 16.9 Å². The Morgan fingerprint density at radius 3 is 2.51 bits per heavy atom. The molecule has 2 aliphatic heterocycles. The second-order valence-corrected chi connectivity index (χ2v) is 9.80. The van der Waals surface area contributed by atoms with Crippen LogP contribution in [0.3, 0.4) is 0 Å². The first kappa shape index (κ1) is 25.0. The maximum atomic E-state index is 13.1. The number of carbonyl (C=O) groups excluding carboxylic acids is 2. The summed E-state index contributed by atoms with van der Waals surface area (Å²) in [6, 6.07) is 13.0. The fourth-order valence-corrected chi connectivity index (χ4v) is 4.98. The molecule has 0 spiro atoms. The van der Waals surface area contributed by atoms with Gasteiger partial charge in [-0.05, 0) is 48.0 Å². The van der Waals surface area contributed by atoms with E-state index in [1.165, 1.54) is 23.8 Å². The van der Waals surface area contributed by atoms with Gasteiger partial charge in [0.1, 0.15) is 0 Å². The molecule has 2 aromatic carbocycles. The Hall–Kier alpha value is -3.08. The molecule has 2 saturated heterocycles. The first-order valence-electron chi connectivity index (χ1n) is 11.1. The molecular formula is C25H27N3O5S2. The van der Waals surface area contributed by atoms with Gasteiger partial charge in [0, 0.05) is 32.9 Å². The van der Waals surface area contributed by atoms with Crippen LogP contribution in [0.5, 0.6) is 11.5 Å². The van der Waals surface area contributed by atoms with Crippen molar-refractivity contribution < 1.29 is 23.8 Å². The fourth-order valence-electron chi connectivity index (χ4n) is 3.68. The second-order valence-electron chi connectivity index (χ2n) is 8.12. The first-order valence-corrected chi connectivity index (χ1v) is 12.3. The van der Waals surface area contributed by atoms with Gasteiger partial charge in [-0.3, -0.25) is 14.5 Å². The van der Waals surface area contributed by atoms with Crippen molar-refractivity contribution in [3.8, 4) is 11.5 Å². The van der Waals surface area contributed by atoms with Crippen molar-refractivity contribution in [3.63, 3.8) is 0 Å². The third kappa shape index (κ3) is 5.77. The van der Waals surface area contributed by atoms with Crippen LogP contribution >= 0.6 is 24.0 Å². The van der Waals surface area contributed by atoms with E-state index in [9.17, 15) is 9.59 Å². The summed E-state index contributed by atoms with van der Waals surface area (Å²) in [4.78, 5) is 31.3. The van der Waals surface area contributed by atoms with E-state index in [1.807, 2.05) is 49.3 Å². The Bertz CT molecular complexity index is 1140. The fraction of sp³-hybridized carbons (Fsp3) is 0.320. The quantitative estimate of drug-likeness (QED) is 0.412. The molecule has 184 valence electrons. The molecule has 0 atom stereocenters. The molecule has 2 fully saturated rings. The number of carbonyl (C=O) groups is 2. The summed E-state index contributed by atoms with van der Waals surface area (Å²) in [6.07, 6.45) is 1.78. The highest BCUT2D eigenvalue weighted by molar-refractivity contribution is 8.27. The van der Waals surface area contributed by atoms with E-state index in [0.29, 0.717) is 47.0 Å². The number of anilines is 2. The predicted octanol–water partition coefficient (Wildman–Crippen LogP) is 3.40. The molecule has 0 aliphatic carbocycles. The molecule has 35 heavy (non-hydrogen) atoms. The lowest BCUT2D eigenvalue weighted by molar-refractivity contribution is -0.137. The summed E-state index contributed by atoms with van der Waals surface area (Å²) >= 11 is 6.74. The normalized spacial score (nSPS) is 17.2. The van der Waals surface area contributed by atoms with Crippen LogP contribution in [0, 0.1) is 0 Å². The van der Waals surface area contributed by atoms with Crippen molar-refractivity contribution in [2.75, 3.05) is 63.9 Å². The third-order valence-electron chi connectivity index (χ3n) is 5.62. The molecule has 0 aromatic heterocycles. The summed E-state index contributed by atoms with van der Waals surface area (Å²) in [5.74, 6) is 0.665. The van der Waals surface area contributed by atoms with E-state index in [-0.39, 0.29) is 18.4 Å². The predicted molar refractivity (Wildman–Crippen MR) is 142 cm³/mol. The van der Waals surface area contributed by atoms with Gasteiger partial charge in [-0.2, -0.15) is 0 Å². The smallest absolute Gasteiger partial charge is 0.270 e. The summed E-state index contributed by atoms with van der Waals surface area (Å²) in [7, 11) is 5.46. The molecule has 10 heteroatoms. The minimum atomic E-state index is -0.173. The van der Waals surface area contributed by atoms with Crippen LogP contribution in [0.1, 0.15) is 5.56 Å². The Morgan fingerprint density at radius 1 is 1.14 bits per heavy atom.